The zero-order chi connectivity index (χ0) is 28.3. The van der Waals surface area contributed by atoms with Crippen LogP contribution in [0.1, 0.15) is 26.3 Å². The topological polar surface area (TPSA) is 119 Å². The monoisotopic (exact) mass is 555 g/mol. The van der Waals surface area contributed by atoms with E-state index in [9.17, 15) is 8.42 Å². The summed E-state index contributed by atoms with van der Waals surface area (Å²) in [7, 11) is -2.11. The van der Waals surface area contributed by atoms with Crippen LogP contribution in [0.2, 0.25) is 0 Å². The number of anilines is 3. The van der Waals surface area contributed by atoms with E-state index in [-0.39, 0.29) is 10.3 Å². The Morgan fingerprint density at radius 2 is 1.50 bits per heavy atom. The van der Waals surface area contributed by atoms with Gasteiger partial charge in [-0.25, -0.2) is 13.4 Å². The molecule has 0 atom stereocenters. The summed E-state index contributed by atoms with van der Waals surface area (Å²) in [6.07, 6.45) is 1.66. The molecule has 0 amide bonds. The van der Waals surface area contributed by atoms with Gasteiger partial charge in [0.1, 0.15) is 11.6 Å². The van der Waals surface area contributed by atoms with Gasteiger partial charge < -0.3 is 14.6 Å². The van der Waals surface area contributed by atoms with Crippen LogP contribution in [0.15, 0.2) is 101 Å². The number of methoxy groups -OCH3 is 1. The molecule has 10 heteroatoms. The number of hydrogen-bond donors (Lipinski definition) is 2. The number of rotatable bonds is 8. The largest absolute Gasteiger partial charge is 0.497 e. The lowest BCUT2D eigenvalue weighted by atomic mass is 9.87. The number of sulfonamides is 1. The predicted octanol–water partition coefficient (Wildman–Crippen LogP) is 6.65. The van der Waals surface area contributed by atoms with E-state index in [1.165, 1.54) is 0 Å². The summed E-state index contributed by atoms with van der Waals surface area (Å²) in [4.78, 5) is 9.07. The Labute approximate surface area is 233 Å². The molecule has 2 aromatic heterocycles. The van der Waals surface area contributed by atoms with Gasteiger partial charge in [0.05, 0.1) is 12.0 Å². The normalized spacial score (nSPS) is 11.7. The Morgan fingerprint density at radius 1 is 0.825 bits per heavy atom. The van der Waals surface area contributed by atoms with E-state index in [1.807, 2.05) is 42.5 Å². The number of hydrogen-bond acceptors (Lipinski definition) is 8. The molecule has 0 bridgehead atoms. The molecular formula is C30H29N5O4S. The minimum atomic E-state index is -3.73. The molecule has 2 heterocycles. The van der Waals surface area contributed by atoms with Crippen LogP contribution in [0.5, 0.6) is 5.75 Å². The summed E-state index contributed by atoms with van der Waals surface area (Å²) < 4.78 is 39.1. The van der Waals surface area contributed by atoms with Gasteiger partial charge in [-0.3, -0.25) is 4.72 Å². The lowest BCUT2D eigenvalue weighted by Crippen LogP contribution is -2.14. The molecule has 0 aliphatic carbocycles. The smallest absolute Gasteiger partial charge is 0.261 e. The van der Waals surface area contributed by atoms with Crippen molar-refractivity contribution in [3.05, 3.63) is 96.7 Å². The summed E-state index contributed by atoms with van der Waals surface area (Å²) in [6.45, 7) is 6.24. The van der Waals surface area contributed by atoms with Gasteiger partial charge in [0.25, 0.3) is 15.9 Å². The summed E-state index contributed by atoms with van der Waals surface area (Å²) >= 11 is 0. The molecule has 5 rings (SSSR count). The first-order chi connectivity index (χ1) is 19.1. The molecule has 40 heavy (non-hydrogen) atoms. The van der Waals surface area contributed by atoms with E-state index >= 15 is 0 Å². The van der Waals surface area contributed by atoms with Crippen molar-refractivity contribution in [3.8, 4) is 28.6 Å². The Hall–Kier alpha value is -4.70. The fourth-order valence-electron chi connectivity index (χ4n) is 3.95. The Morgan fingerprint density at radius 3 is 2.15 bits per heavy atom. The van der Waals surface area contributed by atoms with E-state index < -0.39 is 10.0 Å². The highest BCUT2D eigenvalue weighted by atomic mass is 32.2. The van der Waals surface area contributed by atoms with Crippen molar-refractivity contribution in [1.29, 1.82) is 0 Å². The van der Waals surface area contributed by atoms with Crippen molar-refractivity contribution in [2.24, 2.45) is 0 Å². The van der Waals surface area contributed by atoms with Crippen molar-refractivity contribution in [2.45, 2.75) is 31.1 Å². The van der Waals surface area contributed by atoms with Gasteiger partial charge in [-0.2, -0.15) is 4.98 Å². The summed E-state index contributed by atoms with van der Waals surface area (Å²) in [5.74, 6) is 2.10. The third-order valence-corrected chi connectivity index (χ3v) is 7.62. The maximum atomic E-state index is 12.9. The lowest BCUT2D eigenvalue weighted by molar-refractivity contribution is 0.415. The zero-order valence-electron chi connectivity index (χ0n) is 22.5. The molecular weight excluding hydrogens is 526 g/mol. The van der Waals surface area contributed by atoms with Crippen LogP contribution in [0, 0.1) is 0 Å². The second-order valence-electron chi connectivity index (χ2n) is 10.2. The van der Waals surface area contributed by atoms with Crippen LogP contribution in [0.4, 0.5) is 17.2 Å². The van der Waals surface area contributed by atoms with Gasteiger partial charge in [0.15, 0.2) is 0 Å². The van der Waals surface area contributed by atoms with Crippen molar-refractivity contribution in [3.63, 3.8) is 0 Å². The number of ether oxygens (including phenoxy) is 1. The number of aromatic nitrogens is 3. The van der Waals surface area contributed by atoms with Gasteiger partial charge in [-0.1, -0.05) is 38.1 Å². The maximum Gasteiger partial charge on any atom is 0.261 e. The summed E-state index contributed by atoms with van der Waals surface area (Å²) in [5.41, 5.74) is 3.66. The number of pyridine rings is 1. The molecule has 0 spiro atoms. The Bertz CT molecular complexity index is 1710. The average Bonchev–Trinajstić information content (AvgIpc) is 3.44. The fourth-order valence-corrected chi connectivity index (χ4v) is 5.01. The summed E-state index contributed by atoms with van der Waals surface area (Å²) in [6, 6.07) is 24.8. The number of benzene rings is 3. The first-order valence-electron chi connectivity index (χ1n) is 12.6. The second-order valence-corrected chi connectivity index (χ2v) is 11.8. The molecule has 0 aliphatic heterocycles. The quantitative estimate of drug-likeness (QED) is 0.218. The van der Waals surface area contributed by atoms with E-state index in [0.717, 1.165) is 22.6 Å². The predicted molar refractivity (Wildman–Crippen MR) is 155 cm³/mol. The zero-order valence-corrected chi connectivity index (χ0v) is 23.4. The first kappa shape index (κ1) is 26.9. The minimum Gasteiger partial charge on any atom is -0.497 e. The molecule has 204 valence electrons. The average molecular weight is 556 g/mol. The molecule has 0 radical (unpaired) electrons. The highest BCUT2D eigenvalue weighted by molar-refractivity contribution is 7.92. The van der Waals surface area contributed by atoms with E-state index in [1.54, 1.807) is 55.8 Å². The fraction of sp³-hybridized carbons (Fsp3) is 0.167. The van der Waals surface area contributed by atoms with Crippen molar-refractivity contribution < 1.29 is 17.7 Å². The van der Waals surface area contributed by atoms with E-state index in [2.05, 4.69) is 45.9 Å². The number of nitrogens with zero attached hydrogens (tertiary/aromatic N) is 3. The van der Waals surface area contributed by atoms with Crippen molar-refractivity contribution in [2.75, 3.05) is 17.1 Å². The van der Waals surface area contributed by atoms with Gasteiger partial charge in [-0.05, 0) is 83.8 Å². The Balaban J connectivity index is 1.28. The highest BCUT2D eigenvalue weighted by Gasteiger charge is 2.18. The standard InChI is InChI=1S/C30H29N5O4S/c1-30(2,3)22-7-15-26(16-8-22)40(36,37)35-24-9-5-20(6-10-24)29-33-28(34-39-29)21-17-18-31-27(19-21)32-23-11-13-25(38-4)14-12-23/h5-19,35H,1-4H3,(H,31,32). The van der Waals surface area contributed by atoms with Crippen LogP contribution >= 0.6 is 0 Å². The molecule has 0 unspecified atom stereocenters. The van der Waals surface area contributed by atoms with Crippen LogP contribution in [-0.4, -0.2) is 30.7 Å². The van der Waals surface area contributed by atoms with Crippen molar-refractivity contribution in [1.82, 2.24) is 15.1 Å². The molecule has 0 aliphatic rings. The maximum absolute atomic E-state index is 12.9. The second kappa shape index (κ2) is 10.8. The SMILES string of the molecule is COc1ccc(Nc2cc(-c3noc(-c4ccc(NS(=O)(=O)c5ccc(C(C)(C)C)cc5)cc4)n3)ccn2)cc1. The number of nitrogens with one attached hydrogen (secondary N) is 2. The Kier molecular flexibility index (Phi) is 7.27. The van der Waals surface area contributed by atoms with Crippen LogP contribution < -0.4 is 14.8 Å². The van der Waals surface area contributed by atoms with Crippen LogP contribution in [0.25, 0.3) is 22.8 Å². The van der Waals surface area contributed by atoms with Gasteiger partial charge in [-0.15, -0.1) is 0 Å². The summed E-state index contributed by atoms with van der Waals surface area (Å²) in [5, 5.41) is 7.35. The van der Waals surface area contributed by atoms with Crippen molar-refractivity contribution >= 4 is 27.2 Å². The van der Waals surface area contributed by atoms with E-state index in [0.29, 0.717) is 28.8 Å². The first-order valence-corrected chi connectivity index (χ1v) is 14.0. The highest BCUT2D eigenvalue weighted by Crippen LogP contribution is 2.27. The molecule has 5 aromatic rings. The van der Waals surface area contributed by atoms with Crippen LogP contribution in [0.3, 0.4) is 0 Å². The molecule has 3 aromatic carbocycles. The van der Waals surface area contributed by atoms with E-state index in [4.69, 9.17) is 9.26 Å². The third kappa shape index (κ3) is 6.13. The lowest BCUT2D eigenvalue weighted by Gasteiger charge is -2.19. The third-order valence-electron chi connectivity index (χ3n) is 6.22. The molecule has 2 N–H and O–H groups in total. The molecule has 0 fully saturated rings. The molecule has 0 saturated carbocycles. The molecule has 0 saturated heterocycles. The van der Waals surface area contributed by atoms with Gasteiger partial charge in [0, 0.05) is 28.7 Å². The molecule has 9 nitrogen and oxygen atoms in total. The van der Waals surface area contributed by atoms with Gasteiger partial charge >= 0.3 is 0 Å². The van der Waals surface area contributed by atoms with Crippen LogP contribution in [-0.2, 0) is 15.4 Å². The minimum absolute atomic E-state index is 0.0615. The van der Waals surface area contributed by atoms with Gasteiger partial charge in [0.2, 0.25) is 5.82 Å².